The Balaban J connectivity index is 1.31. The topological polar surface area (TPSA) is 26.0 Å². The van der Waals surface area contributed by atoms with Crippen LogP contribution in [0.1, 0.15) is 89.7 Å². The van der Waals surface area contributed by atoms with Crippen LogP contribution in [0.25, 0.3) is 0 Å². The minimum atomic E-state index is -0.542. The van der Waals surface area contributed by atoms with Crippen molar-refractivity contribution in [2.24, 2.45) is 0 Å². The molecule has 4 bridgehead atoms. The predicted octanol–water partition coefficient (Wildman–Crippen LogP) is 9.65. The zero-order valence-electron chi connectivity index (χ0n) is 25.8. The zero-order valence-corrected chi connectivity index (χ0v) is 25.8. The quantitative estimate of drug-likeness (QED) is 0.197. The van der Waals surface area contributed by atoms with Crippen molar-refractivity contribution < 1.29 is 0 Å². The van der Waals surface area contributed by atoms with Crippen LogP contribution in [0.2, 0.25) is 0 Å². The molecule has 0 heterocycles. The van der Waals surface area contributed by atoms with Crippen molar-refractivity contribution in [3.8, 4) is 0 Å². The van der Waals surface area contributed by atoms with Crippen molar-refractivity contribution in [3.05, 3.63) is 242 Å². The average molecular weight is 598 g/mol. The third kappa shape index (κ3) is 2.77. The van der Waals surface area contributed by atoms with Crippen LogP contribution in [0.4, 0.5) is 5.69 Å². The molecule has 0 aliphatic heterocycles. The highest BCUT2D eigenvalue weighted by atomic mass is 14.7. The van der Waals surface area contributed by atoms with Crippen molar-refractivity contribution in [2.75, 3.05) is 5.73 Å². The van der Waals surface area contributed by atoms with Crippen LogP contribution in [0, 0.1) is 0 Å². The molecule has 1 heteroatoms. The first-order chi connectivity index (χ1) is 23.3. The third-order valence-corrected chi connectivity index (χ3v) is 12.0. The Morgan fingerprint density at radius 1 is 0.277 bits per heavy atom. The minimum absolute atomic E-state index is 0.211. The Morgan fingerprint density at radius 2 is 0.489 bits per heavy atom. The summed E-state index contributed by atoms with van der Waals surface area (Å²) in [5.41, 5.74) is 26.3. The molecule has 0 unspecified atom stereocenters. The summed E-state index contributed by atoms with van der Waals surface area (Å²) in [6.45, 7) is 0. The van der Waals surface area contributed by atoms with Crippen LogP contribution in [-0.4, -0.2) is 0 Å². The second-order valence-corrected chi connectivity index (χ2v) is 13.7. The van der Waals surface area contributed by atoms with Crippen molar-refractivity contribution >= 4 is 5.69 Å². The first kappa shape index (κ1) is 25.5. The van der Waals surface area contributed by atoms with E-state index in [9.17, 15) is 0 Å². The molecular weight excluding hydrogens is 567 g/mol. The van der Waals surface area contributed by atoms with Gasteiger partial charge < -0.3 is 5.73 Å². The highest BCUT2D eigenvalue weighted by Gasteiger charge is 2.56. The van der Waals surface area contributed by atoms with Crippen LogP contribution in [-0.2, 0) is 10.8 Å². The summed E-state index contributed by atoms with van der Waals surface area (Å²) in [7, 11) is 0. The largest absolute Gasteiger partial charge is 0.398 e. The summed E-state index contributed by atoms with van der Waals surface area (Å²) in [6.07, 6.45) is 0. The molecule has 47 heavy (non-hydrogen) atoms. The first-order valence-electron chi connectivity index (χ1n) is 16.7. The van der Waals surface area contributed by atoms with Crippen LogP contribution in [0.15, 0.2) is 164 Å². The third-order valence-electron chi connectivity index (χ3n) is 12.0. The number of nitrogens with two attached hydrogens (primary N) is 1. The molecule has 0 fully saturated rings. The number of para-hydroxylation sites is 1. The van der Waals surface area contributed by atoms with Crippen molar-refractivity contribution in [3.63, 3.8) is 0 Å². The molecule has 0 spiro atoms. The lowest BCUT2D eigenvalue weighted by Gasteiger charge is -2.53. The lowest BCUT2D eigenvalue weighted by Crippen LogP contribution is -2.45. The number of benzene rings is 7. The average Bonchev–Trinajstić information content (AvgIpc) is 3.14. The first-order valence-corrected chi connectivity index (χ1v) is 16.7. The summed E-state index contributed by atoms with van der Waals surface area (Å²) >= 11 is 0. The van der Waals surface area contributed by atoms with Gasteiger partial charge in [0.1, 0.15) is 0 Å². The molecule has 0 amide bonds. The molecule has 220 valence electrons. The van der Waals surface area contributed by atoms with Crippen LogP contribution < -0.4 is 5.73 Å². The van der Waals surface area contributed by atoms with Gasteiger partial charge in [-0.1, -0.05) is 164 Å². The van der Waals surface area contributed by atoms with Gasteiger partial charge in [-0.15, -0.1) is 0 Å². The van der Waals surface area contributed by atoms with Crippen LogP contribution in [0.3, 0.4) is 0 Å². The van der Waals surface area contributed by atoms with Crippen LogP contribution in [0.5, 0.6) is 0 Å². The highest BCUT2D eigenvalue weighted by molar-refractivity contribution is 5.84. The van der Waals surface area contributed by atoms with E-state index in [0.717, 1.165) is 16.8 Å². The van der Waals surface area contributed by atoms with Gasteiger partial charge in [0, 0.05) is 17.5 Å². The van der Waals surface area contributed by atoms with Gasteiger partial charge in [-0.05, 0) is 77.9 Å². The maximum Gasteiger partial charge on any atom is 0.0730 e. The fraction of sp³-hybridized carbons (Fsp3) is 0.0870. The van der Waals surface area contributed by atoms with E-state index in [1.807, 2.05) is 0 Å². The van der Waals surface area contributed by atoms with E-state index in [-0.39, 0.29) is 11.8 Å². The SMILES string of the molecule is Nc1c(C23c4ccccc4C(c4ccccc42)c2ccccc23)cccc1C12c3ccccc3C(c3ccccc31)c1ccccc12. The second kappa shape index (κ2) is 8.78. The molecule has 0 atom stereocenters. The number of nitrogen functional groups attached to an aromatic ring is 1. The zero-order chi connectivity index (χ0) is 30.9. The summed E-state index contributed by atoms with van der Waals surface area (Å²) in [4.78, 5) is 0. The Morgan fingerprint density at radius 3 is 0.745 bits per heavy atom. The molecule has 0 radical (unpaired) electrons. The molecule has 7 aromatic carbocycles. The van der Waals surface area contributed by atoms with Gasteiger partial charge in [0.25, 0.3) is 0 Å². The van der Waals surface area contributed by atoms with Gasteiger partial charge in [0.2, 0.25) is 0 Å². The van der Waals surface area contributed by atoms with Crippen molar-refractivity contribution in [1.29, 1.82) is 0 Å². The van der Waals surface area contributed by atoms with Crippen molar-refractivity contribution in [1.82, 2.24) is 0 Å². The Kier molecular flexibility index (Phi) is 4.77. The standard InChI is InChI=1S/C46H31N/c47-44-40(45-34-20-7-1-14-28(34)42(29-15-2-8-21-35(29)45)30-16-3-9-22-36(30)45)26-13-27-41(44)46-37-23-10-4-17-31(37)43(32-18-5-11-24-38(32)46)33-19-6-12-25-39(33)46/h1-27,42-43H,47H2. The van der Waals surface area contributed by atoms with Crippen LogP contribution >= 0.6 is 0 Å². The number of anilines is 1. The van der Waals surface area contributed by atoms with Gasteiger partial charge >= 0.3 is 0 Å². The van der Waals surface area contributed by atoms with E-state index < -0.39 is 10.8 Å². The van der Waals surface area contributed by atoms with E-state index in [0.29, 0.717) is 0 Å². The monoisotopic (exact) mass is 597 g/mol. The fourth-order valence-corrected chi connectivity index (χ4v) is 10.5. The summed E-state index contributed by atoms with van der Waals surface area (Å²) in [5, 5.41) is 0. The predicted molar refractivity (Wildman–Crippen MR) is 189 cm³/mol. The van der Waals surface area contributed by atoms with E-state index in [1.165, 1.54) is 66.8 Å². The Labute approximate surface area is 275 Å². The number of hydrogen-bond donors (Lipinski definition) is 1. The number of rotatable bonds is 2. The summed E-state index contributed by atoms with van der Waals surface area (Å²) < 4.78 is 0. The molecule has 2 N–H and O–H groups in total. The Hall–Kier alpha value is -5.66. The van der Waals surface area contributed by atoms with E-state index in [4.69, 9.17) is 5.73 Å². The van der Waals surface area contributed by atoms with Gasteiger partial charge in [-0.2, -0.15) is 0 Å². The maximum absolute atomic E-state index is 7.84. The normalized spacial score (nSPS) is 23.1. The van der Waals surface area contributed by atoms with Gasteiger partial charge in [0.15, 0.2) is 0 Å². The van der Waals surface area contributed by atoms with Gasteiger partial charge in [0.05, 0.1) is 10.8 Å². The van der Waals surface area contributed by atoms with E-state index in [2.05, 4.69) is 164 Å². The molecule has 0 saturated heterocycles. The van der Waals surface area contributed by atoms with Gasteiger partial charge in [-0.3, -0.25) is 0 Å². The van der Waals surface area contributed by atoms with E-state index >= 15 is 0 Å². The second-order valence-electron chi connectivity index (χ2n) is 13.7. The molecule has 7 aromatic rings. The molecule has 6 aliphatic rings. The molecule has 6 aliphatic carbocycles. The maximum atomic E-state index is 7.84. The van der Waals surface area contributed by atoms with Crippen molar-refractivity contribution in [2.45, 2.75) is 22.7 Å². The smallest absolute Gasteiger partial charge is 0.0730 e. The fourth-order valence-electron chi connectivity index (χ4n) is 10.5. The molecule has 0 saturated carbocycles. The summed E-state index contributed by atoms with van der Waals surface area (Å²) in [6, 6.07) is 61.4. The van der Waals surface area contributed by atoms with E-state index in [1.54, 1.807) is 0 Å². The summed E-state index contributed by atoms with van der Waals surface area (Å²) in [5.74, 6) is 0.422. The molecular formula is C46H31N. The number of hydrogen-bond acceptors (Lipinski definition) is 1. The lowest BCUT2D eigenvalue weighted by molar-refractivity contribution is 0.616. The molecule has 1 nitrogen and oxygen atoms in total. The Bertz CT molecular complexity index is 2070. The lowest BCUT2D eigenvalue weighted by atomic mass is 9.48. The molecule has 13 rings (SSSR count). The highest BCUT2D eigenvalue weighted by Crippen LogP contribution is 2.66. The minimum Gasteiger partial charge on any atom is -0.398 e. The van der Waals surface area contributed by atoms with Gasteiger partial charge in [-0.25, -0.2) is 0 Å². The molecule has 0 aromatic heterocycles.